The summed E-state index contributed by atoms with van der Waals surface area (Å²) in [5.74, 6) is -2.31. The van der Waals surface area contributed by atoms with Crippen LogP contribution in [0.1, 0.15) is 22.8 Å². The Kier molecular flexibility index (Phi) is 11.5. The molecule has 4 N–H and O–H groups in total. The van der Waals surface area contributed by atoms with E-state index < -0.39 is 35.9 Å². The van der Waals surface area contributed by atoms with Crippen molar-refractivity contribution in [3.05, 3.63) is 78.0 Å². The highest BCUT2D eigenvalue weighted by Crippen LogP contribution is 2.27. The number of ketones is 1. The summed E-state index contributed by atoms with van der Waals surface area (Å²) >= 11 is 5.16. The highest BCUT2D eigenvalue weighted by atomic mass is 32.1. The predicted octanol–water partition coefficient (Wildman–Crippen LogP) is 2.51. The van der Waals surface area contributed by atoms with E-state index in [1.165, 1.54) is 21.1 Å². The Labute approximate surface area is 253 Å². The van der Waals surface area contributed by atoms with Crippen molar-refractivity contribution in [2.75, 3.05) is 27.3 Å². The molecule has 12 nitrogen and oxygen atoms in total. The molecule has 3 atom stereocenters. The molecule has 1 unspecified atom stereocenters. The summed E-state index contributed by atoms with van der Waals surface area (Å²) < 4.78 is 15.6. The van der Waals surface area contributed by atoms with Crippen LogP contribution in [0, 0.1) is 5.92 Å². The summed E-state index contributed by atoms with van der Waals surface area (Å²) in [7, 11) is 2.97. The molecule has 0 saturated carbocycles. The van der Waals surface area contributed by atoms with Crippen LogP contribution in [0.4, 0.5) is 0 Å². The number of allylic oxidation sites excluding steroid dienone is 2. The van der Waals surface area contributed by atoms with Gasteiger partial charge in [0.15, 0.2) is 0 Å². The summed E-state index contributed by atoms with van der Waals surface area (Å²) in [5, 5.41) is 21.6. The number of Topliss-reactive ketones (excluding diaryl/α,β-unsaturated/α-hetero) is 1. The second kappa shape index (κ2) is 15.0. The summed E-state index contributed by atoms with van der Waals surface area (Å²) in [4.78, 5) is 46.5. The molecule has 0 aliphatic carbocycles. The van der Waals surface area contributed by atoms with Gasteiger partial charge in [0, 0.05) is 17.1 Å². The number of carbonyl (C=O) groups is 4. The average molecular weight is 612 g/mol. The number of rotatable bonds is 10. The van der Waals surface area contributed by atoms with E-state index in [1.54, 1.807) is 58.7 Å². The number of thiocarbonyl (C=S) groups is 1. The lowest BCUT2D eigenvalue weighted by Gasteiger charge is -2.34. The van der Waals surface area contributed by atoms with E-state index in [9.17, 15) is 24.3 Å². The number of nitrogens with two attached hydrogens (primary N) is 1. The van der Waals surface area contributed by atoms with Crippen LogP contribution >= 0.6 is 12.2 Å². The van der Waals surface area contributed by atoms with Gasteiger partial charge in [0.25, 0.3) is 0 Å². The Balaban J connectivity index is 0.000000248. The first-order valence-corrected chi connectivity index (χ1v) is 13.5. The van der Waals surface area contributed by atoms with Crippen molar-refractivity contribution in [2.45, 2.75) is 25.4 Å². The minimum absolute atomic E-state index is 0.188. The second-order valence-electron chi connectivity index (χ2n) is 9.58. The number of hydrogen-bond acceptors (Lipinski definition) is 11. The number of nitrogens with zero attached hydrogens (tertiary/aromatic N) is 2. The first kappa shape index (κ1) is 32.9. The minimum atomic E-state index is -1.07. The third kappa shape index (κ3) is 8.47. The maximum absolute atomic E-state index is 12.3. The maximum atomic E-state index is 12.3. The molecule has 0 amide bonds. The molecule has 0 aromatic heterocycles. The van der Waals surface area contributed by atoms with E-state index in [-0.39, 0.29) is 17.8 Å². The number of carboxylic acid groups (broad SMARTS) is 2. The van der Waals surface area contributed by atoms with Crippen LogP contribution in [0.15, 0.2) is 66.9 Å². The number of carboxylic acids is 2. The zero-order valence-corrected chi connectivity index (χ0v) is 24.7. The topological polar surface area (TPSA) is 169 Å². The van der Waals surface area contributed by atoms with Gasteiger partial charge in [0.05, 0.1) is 33.2 Å². The SMILES string of the molecule is CC(=O)C1C(=S)CN(N2C=CC=CC2)[C@@H]1C(=O)O.COc1ccc(C(=O)Oc2ccc(C[C@H](N)C(=O)O)cc2)c(OC)c1. The van der Waals surface area contributed by atoms with Crippen LogP contribution in [0.5, 0.6) is 17.2 Å². The van der Waals surface area contributed by atoms with Crippen molar-refractivity contribution in [1.29, 1.82) is 0 Å². The fourth-order valence-corrected chi connectivity index (χ4v) is 4.91. The van der Waals surface area contributed by atoms with Gasteiger partial charge in [0.1, 0.15) is 40.7 Å². The van der Waals surface area contributed by atoms with Gasteiger partial charge in [-0.3, -0.25) is 14.4 Å². The largest absolute Gasteiger partial charge is 0.497 e. The third-order valence-corrected chi connectivity index (χ3v) is 7.04. The van der Waals surface area contributed by atoms with Crippen LogP contribution in [-0.4, -0.2) is 88.2 Å². The molecule has 4 rings (SSSR count). The fraction of sp³-hybridized carbons (Fsp3) is 0.300. The van der Waals surface area contributed by atoms with Gasteiger partial charge in [-0.25, -0.2) is 9.80 Å². The Morgan fingerprint density at radius 3 is 2.23 bits per heavy atom. The van der Waals surface area contributed by atoms with Gasteiger partial charge in [-0.2, -0.15) is 0 Å². The van der Waals surface area contributed by atoms with Crippen molar-refractivity contribution in [1.82, 2.24) is 10.0 Å². The highest BCUT2D eigenvalue weighted by molar-refractivity contribution is 7.80. The van der Waals surface area contributed by atoms with Crippen LogP contribution in [-0.2, 0) is 20.8 Å². The van der Waals surface area contributed by atoms with Crippen LogP contribution in [0.25, 0.3) is 0 Å². The standard InChI is InChI=1S/C18H19NO6.C12H14N2O3S/c1-23-13-7-8-14(16(10-13)24-2)18(22)25-12-5-3-11(4-6-12)9-15(19)17(20)21;1-8(15)10-9(18)7-14(11(10)12(16)17)13-5-3-2-4-6-13/h3-8,10,15H,9,19H2,1-2H3,(H,20,21);2-5,10-11H,6-7H2,1H3,(H,16,17)/t15-;10?,11-/m00/s1. The zero-order chi connectivity index (χ0) is 31.7. The zero-order valence-electron chi connectivity index (χ0n) is 23.8. The van der Waals surface area contributed by atoms with Crippen molar-refractivity contribution >= 4 is 40.8 Å². The molecular weight excluding hydrogens is 578 g/mol. The first-order valence-electron chi connectivity index (χ1n) is 13.1. The van der Waals surface area contributed by atoms with Crippen molar-refractivity contribution in [2.24, 2.45) is 11.7 Å². The van der Waals surface area contributed by atoms with E-state index in [4.69, 9.17) is 37.3 Å². The van der Waals surface area contributed by atoms with Gasteiger partial charge in [-0.05, 0) is 49.2 Å². The summed E-state index contributed by atoms with van der Waals surface area (Å²) in [6.07, 6.45) is 7.62. The van der Waals surface area contributed by atoms with Crippen LogP contribution < -0.4 is 19.9 Å². The molecule has 2 heterocycles. The summed E-state index contributed by atoms with van der Waals surface area (Å²) in [6.45, 7) is 2.31. The molecule has 1 fully saturated rings. The lowest BCUT2D eigenvalue weighted by Crippen LogP contribution is -2.49. The Bertz CT molecular complexity index is 1420. The van der Waals surface area contributed by atoms with Crippen molar-refractivity contribution in [3.63, 3.8) is 0 Å². The minimum Gasteiger partial charge on any atom is -0.497 e. The number of methoxy groups -OCH3 is 2. The van der Waals surface area contributed by atoms with E-state index in [1.807, 2.05) is 18.2 Å². The number of benzene rings is 2. The summed E-state index contributed by atoms with van der Waals surface area (Å²) in [5.41, 5.74) is 6.49. The number of carbonyl (C=O) groups excluding carboxylic acids is 2. The molecule has 2 aromatic rings. The van der Waals surface area contributed by atoms with Gasteiger partial charge in [0.2, 0.25) is 0 Å². The Hall–Kier alpha value is -4.59. The molecule has 228 valence electrons. The molecule has 2 aromatic carbocycles. The van der Waals surface area contributed by atoms with E-state index in [0.29, 0.717) is 35.2 Å². The van der Waals surface area contributed by atoms with Gasteiger partial charge in [-0.1, -0.05) is 36.5 Å². The van der Waals surface area contributed by atoms with Crippen LogP contribution in [0.2, 0.25) is 0 Å². The van der Waals surface area contributed by atoms with E-state index in [2.05, 4.69) is 0 Å². The van der Waals surface area contributed by atoms with Crippen molar-refractivity contribution < 1.29 is 43.6 Å². The fourth-order valence-electron chi connectivity index (χ4n) is 4.49. The molecule has 13 heteroatoms. The molecule has 1 saturated heterocycles. The molecule has 43 heavy (non-hydrogen) atoms. The van der Waals surface area contributed by atoms with Gasteiger partial charge >= 0.3 is 17.9 Å². The van der Waals surface area contributed by atoms with Crippen LogP contribution in [0.3, 0.4) is 0 Å². The monoisotopic (exact) mass is 611 g/mol. The quantitative estimate of drug-likeness (QED) is 0.204. The lowest BCUT2D eigenvalue weighted by atomic mass is 9.96. The van der Waals surface area contributed by atoms with Gasteiger partial charge < -0.3 is 35.2 Å². The molecule has 0 spiro atoms. The number of esters is 1. The average Bonchev–Trinajstić information content (AvgIpc) is 3.36. The number of hydrogen-bond donors (Lipinski definition) is 3. The number of ether oxygens (including phenoxy) is 3. The van der Waals surface area contributed by atoms with Crippen molar-refractivity contribution in [3.8, 4) is 17.2 Å². The predicted molar refractivity (Wildman–Crippen MR) is 160 cm³/mol. The Morgan fingerprint density at radius 2 is 1.70 bits per heavy atom. The third-order valence-electron chi connectivity index (χ3n) is 6.66. The molecule has 2 aliphatic rings. The normalized spacial score (nSPS) is 18.3. The molecule has 2 aliphatic heterocycles. The number of hydrazine groups is 1. The van der Waals surface area contributed by atoms with E-state index >= 15 is 0 Å². The molecular formula is C30H33N3O9S. The lowest BCUT2D eigenvalue weighted by molar-refractivity contribution is -0.151. The van der Waals surface area contributed by atoms with E-state index in [0.717, 1.165) is 5.56 Å². The highest BCUT2D eigenvalue weighted by Gasteiger charge is 2.47. The van der Waals surface area contributed by atoms with Gasteiger partial charge in [-0.15, -0.1) is 0 Å². The second-order valence-corrected chi connectivity index (χ2v) is 10.1. The Morgan fingerprint density at radius 1 is 1.02 bits per heavy atom. The number of aliphatic carboxylic acids is 2. The smallest absolute Gasteiger partial charge is 0.347 e. The molecule has 0 radical (unpaired) electrons. The maximum Gasteiger partial charge on any atom is 0.347 e. The summed E-state index contributed by atoms with van der Waals surface area (Å²) in [6, 6.07) is 9.40. The molecule has 0 bridgehead atoms. The first-order chi connectivity index (χ1) is 20.5.